The van der Waals surface area contributed by atoms with Crippen molar-refractivity contribution < 1.29 is 19.5 Å². The molecule has 0 fully saturated rings. The molecule has 0 radical (unpaired) electrons. The molecule has 4 N–H and O–H groups in total. The zero-order valence-corrected chi connectivity index (χ0v) is 17.4. The number of nitrogens with zero attached hydrogens (tertiary/aromatic N) is 1. The molecular weight excluding hydrogens is 378 g/mol. The van der Waals surface area contributed by atoms with E-state index in [9.17, 15) is 19.5 Å². The number of carboxylic acids is 1. The number of aliphatic carboxylic acids is 1. The fourth-order valence-corrected chi connectivity index (χ4v) is 3.70. The van der Waals surface area contributed by atoms with Gasteiger partial charge in [-0.1, -0.05) is 38.1 Å². The van der Waals surface area contributed by atoms with Gasteiger partial charge in [-0.15, -0.1) is 0 Å². The molecule has 0 aromatic heterocycles. The molecule has 1 heterocycles. The van der Waals surface area contributed by atoms with Gasteiger partial charge in [-0.2, -0.15) is 11.8 Å². The average molecular weight is 408 g/mol. The van der Waals surface area contributed by atoms with Crippen molar-refractivity contribution in [3.63, 3.8) is 0 Å². The van der Waals surface area contributed by atoms with Crippen LogP contribution in [0.1, 0.15) is 31.4 Å². The van der Waals surface area contributed by atoms with Gasteiger partial charge in [0.05, 0.1) is 6.04 Å². The van der Waals surface area contributed by atoms with Gasteiger partial charge in [0.2, 0.25) is 11.8 Å². The number of rotatable bonds is 8. The number of carboxylic acid groups (broad SMARTS) is 1. The zero-order chi connectivity index (χ0) is 20.8. The topological polar surface area (TPSA) is 113 Å². The van der Waals surface area contributed by atoms with Gasteiger partial charge in [-0.05, 0) is 35.5 Å². The van der Waals surface area contributed by atoms with E-state index in [-0.39, 0.29) is 18.4 Å². The molecule has 0 spiro atoms. The highest BCUT2D eigenvalue weighted by molar-refractivity contribution is 7.98. The predicted octanol–water partition coefficient (Wildman–Crippen LogP) is 1.25. The van der Waals surface area contributed by atoms with E-state index in [2.05, 4.69) is 5.32 Å². The Morgan fingerprint density at radius 2 is 1.93 bits per heavy atom. The Labute approximate surface area is 170 Å². The maximum Gasteiger partial charge on any atom is 0.326 e. The van der Waals surface area contributed by atoms with Gasteiger partial charge in [-0.3, -0.25) is 9.59 Å². The Bertz CT molecular complexity index is 725. The minimum Gasteiger partial charge on any atom is -0.480 e. The number of carbonyl (C=O) groups excluding carboxylic acids is 2. The van der Waals surface area contributed by atoms with Crippen LogP contribution in [0.4, 0.5) is 0 Å². The highest BCUT2D eigenvalue weighted by Gasteiger charge is 2.38. The van der Waals surface area contributed by atoms with Gasteiger partial charge in [0.25, 0.3) is 0 Å². The van der Waals surface area contributed by atoms with Crippen molar-refractivity contribution in [3.05, 3.63) is 35.4 Å². The normalized spacial score (nSPS) is 18.3. The van der Waals surface area contributed by atoms with Crippen LogP contribution in [0, 0.1) is 5.92 Å². The fourth-order valence-electron chi connectivity index (χ4n) is 3.23. The number of carbonyl (C=O) groups is 3. The van der Waals surface area contributed by atoms with E-state index in [1.54, 1.807) is 0 Å². The summed E-state index contributed by atoms with van der Waals surface area (Å²) in [6.07, 6.45) is 2.55. The lowest BCUT2D eigenvalue weighted by molar-refractivity contribution is -0.146. The van der Waals surface area contributed by atoms with E-state index < -0.39 is 30.0 Å². The SMILES string of the molecule is CSCC[C@H](NC(=O)[C@H]1Cc2ccccc2CN1C(=O)[C@@H](N)C(C)C)C(=O)O. The van der Waals surface area contributed by atoms with Crippen LogP contribution in [-0.2, 0) is 27.3 Å². The van der Waals surface area contributed by atoms with Crippen LogP contribution in [0.5, 0.6) is 0 Å². The standard InChI is InChI=1S/C20H29N3O4S/c1-12(2)17(21)19(25)23-11-14-7-5-4-6-13(14)10-16(23)18(24)22-15(20(26)27)8-9-28-3/h4-7,12,15-17H,8-11,21H2,1-3H3,(H,22,24)(H,26,27)/t15-,16+,17-/m0/s1. The van der Waals surface area contributed by atoms with Gasteiger partial charge < -0.3 is 21.1 Å². The monoisotopic (exact) mass is 407 g/mol. The van der Waals surface area contributed by atoms with Crippen LogP contribution in [0.15, 0.2) is 24.3 Å². The molecule has 0 saturated carbocycles. The van der Waals surface area contributed by atoms with Crippen molar-refractivity contribution >= 4 is 29.5 Å². The molecule has 2 rings (SSSR count). The Morgan fingerprint density at radius 1 is 1.29 bits per heavy atom. The number of thioether (sulfide) groups is 1. The summed E-state index contributed by atoms with van der Waals surface area (Å²) in [6, 6.07) is 5.19. The molecule has 0 bridgehead atoms. The quantitative estimate of drug-likeness (QED) is 0.598. The number of amides is 2. The van der Waals surface area contributed by atoms with Crippen LogP contribution >= 0.6 is 11.8 Å². The van der Waals surface area contributed by atoms with E-state index in [1.165, 1.54) is 16.7 Å². The summed E-state index contributed by atoms with van der Waals surface area (Å²) in [5.74, 6) is -1.27. The first-order valence-electron chi connectivity index (χ1n) is 9.41. The van der Waals surface area contributed by atoms with Crippen molar-refractivity contribution in [3.8, 4) is 0 Å². The number of nitrogens with one attached hydrogen (secondary N) is 1. The third-order valence-electron chi connectivity index (χ3n) is 5.06. The van der Waals surface area contributed by atoms with Gasteiger partial charge in [0.1, 0.15) is 12.1 Å². The lowest BCUT2D eigenvalue weighted by Gasteiger charge is -2.38. The second-order valence-electron chi connectivity index (χ2n) is 7.41. The van der Waals surface area contributed by atoms with E-state index in [0.717, 1.165) is 11.1 Å². The van der Waals surface area contributed by atoms with Crippen LogP contribution in [0.2, 0.25) is 0 Å². The molecule has 0 aliphatic carbocycles. The number of nitrogens with two attached hydrogens (primary N) is 1. The molecule has 0 saturated heterocycles. The second-order valence-corrected chi connectivity index (χ2v) is 8.39. The summed E-state index contributed by atoms with van der Waals surface area (Å²) >= 11 is 1.52. The van der Waals surface area contributed by atoms with E-state index in [4.69, 9.17) is 5.73 Å². The maximum absolute atomic E-state index is 13.0. The molecule has 1 aromatic carbocycles. The molecular formula is C20H29N3O4S. The maximum atomic E-state index is 13.0. The number of hydrogen-bond donors (Lipinski definition) is 3. The van der Waals surface area contributed by atoms with Crippen LogP contribution in [0.3, 0.4) is 0 Å². The average Bonchev–Trinajstić information content (AvgIpc) is 2.68. The summed E-state index contributed by atoms with van der Waals surface area (Å²) < 4.78 is 0. The van der Waals surface area contributed by atoms with Gasteiger partial charge in [0, 0.05) is 13.0 Å². The van der Waals surface area contributed by atoms with Crippen LogP contribution in [0.25, 0.3) is 0 Å². The summed E-state index contributed by atoms with van der Waals surface area (Å²) in [5.41, 5.74) is 8.04. The molecule has 7 nitrogen and oxygen atoms in total. The van der Waals surface area contributed by atoms with E-state index >= 15 is 0 Å². The van der Waals surface area contributed by atoms with Gasteiger partial charge >= 0.3 is 5.97 Å². The molecule has 1 aliphatic rings. The Kier molecular flexibility index (Phi) is 7.88. The third kappa shape index (κ3) is 5.26. The summed E-state index contributed by atoms with van der Waals surface area (Å²) in [5, 5.41) is 12.0. The van der Waals surface area contributed by atoms with E-state index in [0.29, 0.717) is 18.6 Å². The minimum atomic E-state index is -1.07. The van der Waals surface area contributed by atoms with Crippen molar-refractivity contribution in [2.24, 2.45) is 11.7 Å². The Balaban J connectivity index is 2.27. The Hall–Kier alpha value is -2.06. The zero-order valence-electron chi connectivity index (χ0n) is 16.6. The minimum absolute atomic E-state index is 0.0678. The number of fused-ring (bicyclic) bond motifs is 1. The first-order valence-corrected chi connectivity index (χ1v) is 10.8. The van der Waals surface area contributed by atoms with Crippen molar-refractivity contribution in [2.75, 3.05) is 12.0 Å². The number of hydrogen-bond acceptors (Lipinski definition) is 5. The highest BCUT2D eigenvalue weighted by Crippen LogP contribution is 2.25. The fraction of sp³-hybridized carbons (Fsp3) is 0.550. The summed E-state index contributed by atoms with van der Waals surface area (Å²) in [4.78, 5) is 38.9. The molecule has 8 heteroatoms. The lowest BCUT2D eigenvalue weighted by atomic mass is 9.91. The number of benzene rings is 1. The highest BCUT2D eigenvalue weighted by atomic mass is 32.2. The van der Waals surface area contributed by atoms with Gasteiger partial charge in [0.15, 0.2) is 0 Å². The molecule has 28 heavy (non-hydrogen) atoms. The van der Waals surface area contributed by atoms with Crippen LogP contribution in [-0.4, -0.2) is 57.9 Å². The first-order chi connectivity index (χ1) is 13.3. The van der Waals surface area contributed by atoms with Crippen molar-refractivity contribution in [1.29, 1.82) is 0 Å². The summed E-state index contributed by atoms with van der Waals surface area (Å²) in [6.45, 7) is 4.01. The van der Waals surface area contributed by atoms with Gasteiger partial charge in [-0.25, -0.2) is 4.79 Å². The molecule has 2 amide bonds. The molecule has 0 unspecified atom stereocenters. The van der Waals surface area contributed by atoms with Crippen molar-refractivity contribution in [1.82, 2.24) is 10.2 Å². The summed E-state index contributed by atoms with van der Waals surface area (Å²) in [7, 11) is 0. The lowest BCUT2D eigenvalue weighted by Crippen LogP contribution is -2.59. The largest absolute Gasteiger partial charge is 0.480 e. The molecule has 3 atom stereocenters. The second kappa shape index (κ2) is 9.93. The Morgan fingerprint density at radius 3 is 2.50 bits per heavy atom. The molecule has 1 aromatic rings. The smallest absolute Gasteiger partial charge is 0.326 e. The van der Waals surface area contributed by atoms with Crippen molar-refractivity contribution in [2.45, 2.75) is 51.4 Å². The third-order valence-corrected chi connectivity index (χ3v) is 5.71. The van der Waals surface area contributed by atoms with Crippen LogP contribution < -0.4 is 11.1 Å². The first kappa shape index (κ1) is 22.2. The van der Waals surface area contributed by atoms with E-state index in [1.807, 2.05) is 44.4 Å². The molecule has 154 valence electrons. The molecule has 1 aliphatic heterocycles. The predicted molar refractivity (Wildman–Crippen MR) is 110 cm³/mol.